The Morgan fingerprint density at radius 3 is 2.69 bits per heavy atom. The van der Waals surface area contributed by atoms with E-state index in [0.717, 1.165) is 0 Å². The summed E-state index contributed by atoms with van der Waals surface area (Å²) in [6.07, 6.45) is 0. The second-order valence-corrected chi connectivity index (χ2v) is 2.27. The van der Waals surface area contributed by atoms with Gasteiger partial charge in [-0.3, -0.25) is 9.59 Å². The van der Waals surface area contributed by atoms with E-state index in [2.05, 4.69) is 10.1 Å². The maximum absolute atomic E-state index is 10.6. The van der Waals surface area contributed by atoms with E-state index in [0.29, 0.717) is 13.2 Å². The van der Waals surface area contributed by atoms with Crippen molar-refractivity contribution in [2.24, 2.45) is 5.73 Å². The Balaban J connectivity index is 3.08. The number of primary amides is 1. The molecule has 0 saturated heterocycles. The van der Waals surface area contributed by atoms with Crippen molar-refractivity contribution in [1.29, 1.82) is 0 Å². The molecule has 0 aliphatic carbocycles. The number of carbonyl (C=O) groups is 2. The fraction of sp³-hybridized carbons (Fsp3) is 0.714. The third kappa shape index (κ3) is 8.77. The van der Waals surface area contributed by atoms with E-state index in [4.69, 9.17) is 10.5 Å². The second kappa shape index (κ2) is 7.51. The average Bonchev–Trinajstić information content (AvgIpc) is 2.10. The zero-order chi connectivity index (χ0) is 10.1. The maximum atomic E-state index is 10.6. The summed E-state index contributed by atoms with van der Waals surface area (Å²) >= 11 is 0. The molecular weight excluding hydrogens is 176 g/mol. The summed E-state index contributed by atoms with van der Waals surface area (Å²) in [5.74, 6) is -0.845. The van der Waals surface area contributed by atoms with E-state index in [9.17, 15) is 9.59 Å². The lowest BCUT2D eigenvalue weighted by atomic mass is 10.6. The predicted octanol–water partition coefficient (Wildman–Crippen LogP) is -1.75. The lowest BCUT2D eigenvalue weighted by Crippen LogP contribution is -2.28. The first-order chi connectivity index (χ1) is 6.16. The summed E-state index contributed by atoms with van der Waals surface area (Å²) in [4.78, 5) is 20.7. The fourth-order valence-electron chi connectivity index (χ4n) is 0.580. The molecule has 6 heteroatoms. The van der Waals surface area contributed by atoms with Crippen molar-refractivity contribution in [3.63, 3.8) is 0 Å². The lowest BCUT2D eigenvalue weighted by Gasteiger charge is -2.03. The molecule has 0 aromatic carbocycles. The van der Waals surface area contributed by atoms with Crippen LogP contribution >= 0.6 is 0 Å². The first-order valence-electron chi connectivity index (χ1n) is 3.80. The van der Waals surface area contributed by atoms with Crippen LogP contribution in [0.2, 0.25) is 0 Å². The zero-order valence-corrected chi connectivity index (χ0v) is 7.54. The van der Waals surface area contributed by atoms with E-state index in [1.165, 1.54) is 7.11 Å². The molecule has 0 bridgehead atoms. The molecule has 0 spiro atoms. The van der Waals surface area contributed by atoms with Crippen LogP contribution in [0.5, 0.6) is 0 Å². The van der Waals surface area contributed by atoms with Crippen molar-refractivity contribution >= 4 is 11.9 Å². The smallest absolute Gasteiger partial charge is 0.319 e. The number of hydrogen-bond donors (Lipinski definition) is 2. The Morgan fingerprint density at radius 1 is 1.46 bits per heavy atom. The van der Waals surface area contributed by atoms with Gasteiger partial charge in [0, 0.05) is 6.54 Å². The quantitative estimate of drug-likeness (QED) is 0.367. The van der Waals surface area contributed by atoms with E-state index < -0.39 is 5.91 Å². The molecule has 0 aliphatic heterocycles. The standard InChI is InChI=1S/C7H14N2O4/c1-12-7(11)4-9-2-3-13-5-6(8)10/h9H,2-5H2,1H3,(H2,8,10). The van der Waals surface area contributed by atoms with Crippen LogP contribution < -0.4 is 11.1 Å². The number of nitrogens with one attached hydrogen (secondary N) is 1. The van der Waals surface area contributed by atoms with Crippen molar-refractivity contribution < 1.29 is 19.1 Å². The Labute approximate surface area is 76.4 Å². The third-order valence-corrected chi connectivity index (χ3v) is 1.16. The molecule has 0 radical (unpaired) electrons. The number of hydrogen-bond acceptors (Lipinski definition) is 5. The van der Waals surface area contributed by atoms with Gasteiger partial charge in [-0.05, 0) is 0 Å². The second-order valence-electron chi connectivity index (χ2n) is 2.27. The summed E-state index contributed by atoms with van der Waals surface area (Å²) in [5, 5.41) is 2.76. The molecule has 0 fully saturated rings. The molecule has 13 heavy (non-hydrogen) atoms. The molecule has 0 unspecified atom stereocenters. The minimum Gasteiger partial charge on any atom is -0.468 e. The average molecular weight is 190 g/mol. The Hall–Kier alpha value is -1.14. The number of amides is 1. The summed E-state index contributed by atoms with van der Waals surface area (Å²) in [6, 6.07) is 0. The van der Waals surface area contributed by atoms with Gasteiger partial charge in [0.25, 0.3) is 0 Å². The van der Waals surface area contributed by atoms with Gasteiger partial charge in [-0.1, -0.05) is 0 Å². The highest BCUT2D eigenvalue weighted by molar-refractivity contribution is 5.75. The van der Waals surface area contributed by atoms with E-state index in [1.54, 1.807) is 0 Å². The van der Waals surface area contributed by atoms with Gasteiger partial charge in [-0.25, -0.2) is 0 Å². The molecule has 6 nitrogen and oxygen atoms in total. The SMILES string of the molecule is COC(=O)CNCCOCC(N)=O. The van der Waals surface area contributed by atoms with Crippen molar-refractivity contribution in [2.45, 2.75) is 0 Å². The Kier molecular flexibility index (Phi) is 6.85. The molecule has 0 aromatic rings. The predicted molar refractivity (Wildman–Crippen MR) is 44.9 cm³/mol. The minimum atomic E-state index is -0.507. The lowest BCUT2D eigenvalue weighted by molar-refractivity contribution is -0.139. The van der Waals surface area contributed by atoms with Gasteiger partial charge in [0.2, 0.25) is 5.91 Å². The Morgan fingerprint density at radius 2 is 2.15 bits per heavy atom. The van der Waals surface area contributed by atoms with Crippen LogP contribution in [-0.2, 0) is 19.1 Å². The molecule has 0 heterocycles. The van der Waals surface area contributed by atoms with Gasteiger partial charge in [0.15, 0.2) is 0 Å². The summed E-state index contributed by atoms with van der Waals surface area (Å²) < 4.78 is 9.20. The highest BCUT2D eigenvalue weighted by Crippen LogP contribution is 1.73. The number of ether oxygens (including phenoxy) is 2. The van der Waals surface area contributed by atoms with Crippen LogP contribution in [-0.4, -0.2) is 45.3 Å². The molecule has 0 saturated carbocycles. The highest BCUT2D eigenvalue weighted by atomic mass is 16.5. The number of esters is 1. The number of carbonyl (C=O) groups excluding carboxylic acids is 2. The largest absolute Gasteiger partial charge is 0.468 e. The first-order valence-corrected chi connectivity index (χ1v) is 3.80. The molecule has 0 aliphatic rings. The molecule has 0 aromatic heterocycles. The highest BCUT2D eigenvalue weighted by Gasteiger charge is 1.98. The summed E-state index contributed by atoms with van der Waals surface area (Å²) in [5.41, 5.74) is 4.82. The van der Waals surface area contributed by atoms with Crippen LogP contribution in [0.1, 0.15) is 0 Å². The van der Waals surface area contributed by atoms with Crippen LogP contribution in [0.3, 0.4) is 0 Å². The van der Waals surface area contributed by atoms with Crippen LogP contribution in [0.25, 0.3) is 0 Å². The fourth-order valence-corrected chi connectivity index (χ4v) is 0.580. The normalized spacial score (nSPS) is 9.62. The van der Waals surface area contributed by atoms with Crippen LogP contribution in [0.4, 0.5) is 0 Å². The Bertz CT molecular complexity index is 172. The van der Waals surface area contributed by atoms with Crippen molar-refractivity contribution in [3.8, 4) is 0 Å². The van der Waals surface area contributed by atoms with E-state index in [-0.39, 0.29) is 19.1 Å². The molecule has 1 amide bonds. The first kappa shape index (κ1) is 11.9. The summed E-state index contributed by atoms with van der Waals surface area (Å²) in [7, 11) is 1.31. The van der Waals surface area contributed by atoms with Gasteiger partial charge in [0.05, 0.1) is 20.3 Å². The monoisotopic (exact) mass is 190 g/mol. The van der Waals surface area contributed by atoms with Crippen molar-refractivity contribution in [2.75, 3.05) is 33.4 Å². The van der Waals surface area contributed by atoms with E-state index in [1.807, 2.05) is 0 Å². The van der Waals surface area contributed by atoms with Crippen LogP contribution in [0.15, 0.2) is 0 Å². The van der Waals surface area contributed by atoms with Gasteiger partial charge >= 0.3 is 5.97 Å². The molecular formula is C7H14N2O4. The molecule has 3 N–H and O–H groups in total. The van der Waals surface area contributed by atoms with Gasteiger partial charge in [-0.2, -0.15) is 0 Å². The van der Waals surface area contributed by atoms with Crippen molar-refractivity contribution in [1.82, 2.24) is 5.32 Å². The third-order valence-electron chi connectivity index (χ3n) is 1.16. The van der Waals surface area contributed by atoms with Gasteiger partial charge in [0.1, 0.15) is 6.61 Å². The van der Waals surface area contributed by atoms with Crippen molar-refractivity contribution in [3.05, 3.63) is 0 Å². The van der Waals surface area contributed by atoms with Gasteiger partial charge < -0.3 is 20.5 Å². The maximum Gasteiger partial charge on any atom is 0.319 e. The molecule has 0 rings (SSSR count). The summed E-state index contributed by atoms with van der Waals surface area (Å²) in [6.45, 7) is 0.846. The number of methoxy groups -OCH3 is 1. The minimum absolute atomic E-state index is 0.0973. The van der Waals surface area contributed by atoms with E-state index >= 15 is 0 Å². The molecule has 76 valence electrons. The van der Waals surface area contributed by atoms with Crippen LogP contribution in [0, 0.1) is 0 Å². The molecule has 0 atom stereocenters. The number of rotatable bonds is 7. The van der Waals surface area contributed by atoms with Gasteiger partial charge in [-0.15, -0.1) is 0 Å². The number of nitrogens with two attached hydrogens (primary N) is 1. The zero-order valence-electron chi connectivity index (χ0n) is 7.54. The topological polar surface area (TPSA) is 90.7 Å².